The van der Waals surface area contributed by atoms with E-state index in [0.717, 1.165) is 12.1 Å². The van der Waals surface area contributed by atoms with E-state index in [9.17, 15) is 9.59 Å². The molecule has 6 nitrogen and oxygen atoms in total. The molecule has 0 radical (unpaired) electrons. The van der Waals surface area contributed by atoms with Crippen molar-refractivity contribution in [3.05, 3.63) is 23.4 Å². The van der Waals surface area contributed by atoms with Crippen LogP contribution in [0.5, 0.6) is 0 Å². The Bertz CT molecular complexity index is 500. The van der Waals surface area contributed by atoms with Gasteiger partial charge < -0.3 is 14.9 Å². The Labute approximate surface area is 119 Å². The van der Waals surface area contributed by atoms with E-state index in [4.69, 9.17) is 5.11 Å². The van der Waals surface area contributed by atoms with Gasteiger partial charge in [-0.3, -0.25) is 4.79 Å². The summed E-state index contributed by atoms with van der Waals surface area (Å²) in [6.45, 7) is 2.17. The normalized spacial score (nSPS) is 10.2. The molecule has 0 fully saturated rings. The van der Waals surface area contributed by atoms with E-state index in [2.05, 4.69) is 4.98 Å². The fraction of sp³-hybridized carbons (Fsp3) is 0.500. The van der Waals surface area contributed by atoms with Crippen molar-refractivity contribution in [3.63, 3.8) is 0 Å². The van der Waals surface area contributed by atoms with Crippen LogP contribution in [0.1, 0.15) is 29.4 Å². The number of carboxylic acid groups (broad SMARTS) is 1. The second-order valence-corrected chi connectivity index (χ2v) is 4.90. The molecule has 110 valence electrons. The summed E-state index contributed by atoms with van der Waals surface area (Å²) in [5.41, 5.74) is 0.925. The van der Waals surface area contributed by atoms with Crippen molar-refractivity contribution in [3.8, 4) is 0 Å². The van der Waals surface area contributed by atoms with Crippen LogP contribution in [0.25, 0.3) is 0 Å². The molecule has 0 unspecified atom stereocenters. The highest BCUT2D eigenvalue weighted by atomic mass is 16.4. The molecule has 1 amide bonds. The predicted molar refractivity (Wildman–Crippen MR) is 77.2 cm³/mol. The number of anilines is 1. The van der Waals surface area contributed by atoms with Gasteiger partial charge in [0.1, 0.15) is 5.82 Å². The maximum Gasteiger partial charge on any atom is 0.335 e. The number of carboxylic acids is 1. The summed E-state index contributed by atoms with van der Waals surface area (Å²) in [7, 11) is 5.09. The van der Waals surface area contributed by atoms with Crippen molar-refractivity contribution in [2.75, 3.05) is 32.6 Å². The lowest BCUT2D eigenvalue weighted by atomic mass is 10.1. The first-order valence-electron chi connectivity index (χ1n) is 6.50. The molecule has 0 atom stereocenters. The molecular weight excluding hydrogens is 258 g/mol. The summed E-state index contributed by atoms with van der Waals surface area (Å²) in [5, 5.41) is 9.13. The fourth-order valence-corrected chi connectivity index (χ4v) is 1.70. The molecular formula is C14H21N3O3. The zero-order chi connectivity index (χ0) is 15.3. The highest BCUT2D eigenvalue weighted by molar-refractivity contribution is 5.89. The Morgan fingerprint density at radius 2 is 1.90 bits per heavy atom. The largest absolute Gasteiger partial charge is 0.478 e. The maximum absolute atomic E-state index is 11.7. The second kappa shape index (κ2) is 6.88. The Balaban J connectivity index is 3.03. The molecule has 1 N–H and O–H groups in total. The molecule has 6 heteroatoms. The van der Waals surface area contributed by atoms with Crippen molar-refractivity contribution in [1.82, 2.24) is 9.88 Å². The van der Waals surface area contributed by atoms with Crippen LogP contribution in [0.3, 0.4) is 0 Å². The minimum atomic E-state index is -0.988. The fourth-order valence-electron chi connectivity index (χ4n) is 1.70. The third-order valence-electron chi connectivity index (χ3n) is 2.88. The molecule has 0 aliphatic carbocycles. The van der Waals surface area contributed by atoms with Crippen LogP contribution < -0.4 is 4.90 Å². The van der Waals surface area contributed by atoms with Crippen LogP contribution >= 0.6 is 0 Å². The first kappa shape index (κ1) is 15.9. The van der Waals surface area contributed by atoms with Gasteiger partial charge in [0.15, 0.2) is 0 Å². The molecule has 0 aromatic carbocycles. The number of aryl methyl sites for hydroxylation is 1. The van der Waals surface area contributed by atoms with Gasteiger partial charge in [-0.25, -0.2) is 9.78 Å². The smallest absolute Gasteiger partial charge is 0.335 e. The van der Waals surface area contributed by atoms with Gasteiger partial charge in [-0.15, -0.1) is 0 Å². The number of hydrogen-bond acceptors (Lipinski definition) is 4. The first-order valence-corrected chi connectivity index (χ1v) is 6.50. The van der Waals surface area contributed by atoms with Crippen molar-refractivity contribution in [2.45, 2.75) is 19.8 Å². The van der Waals surface area contributed by atoms with Gasteiger partial charge in [0.2, 0.25) is 5.91 Å². The third-order valence-corrected chi connectivity index (χ3v) is 2.88. The topological polar surface area (TPSA) is 73.7 Å². The maximum atomic E-state index is 11.7. The van der Waals surface area contributed by atoms with Gasteiger partial charge in [0.25, 0.3) is 0 Å². The van der Waals surface area contributed by atoms with Gasteiger partial charge in [-0.1, -0.05) is 13.3 Å². The van der Waals surface area contributed by atoms with Crippen molar-refractivity contribution in [2.24, 2.45) is 0 Å². The monoisotopic (exact) mass is 279 g/mol. The molecule has 1 aromatic heterocycles. The number of nitrogens with zero attached hydrogens (tertiary/aromatic N) is 3. The number of rotatable bonds is 6. The Morgan fingerprint density at radius 3 is 2.40 bits per heavy atom. The Morgan fingerprint density at radius 1 is 1.25 bits per heavy atom. The Hall–Kier alpha value is -2.11. The van der Waals surface area contributed by atoms with E-state index in [1.54, 1.807) is 32.1 Å². The lowest BCUT2D eigenvalue weighted by Crippen LogP contribution is -2.34. The number of pyridine rings is 1. The molecule has 20 heavy (non-hydrogen) atoms. The molecule has 0 saturated heterocycles. The van der Waals surface area contributed by atoms with E-state index in [1.807, 2.05) is 6.92 Å². The number of hydrogen-bond donors (Lipinski definition) is 1. The minimum absolute atomic E-state index is 0.0629. The predicted octanol–water partition coefficient (Wildman–Crippen LogP) is 1.26. The number of aromatic nitrogens is 1. The van der Waals surface area contributed by atoms with E-state index >= 15 is 0 Å². The van der Waals surface area contributed by atoms with E-state index in [-0.39, 0.29) is 18.0 Å². The number of likely N-dealkylation sites (N-methyl/N-ethyl adjacent to an activating group) is 2. The van der Waals surface area contributed by atoms with Crippen LogP contribution in [0.15, 0.2) is 12.1 Å². The zero-order valence-electron chi connectivity index (χ0n) is 12.4. The lowest BCUT2D eigenvalue weighted by Gasteiger charge is -2.21. The number of amides is 1. The number of carbonyl (C=O) groups excluding carboxylic acids is 1. The van der Waals surface area contributed by atoms with Crippen LogP contribution in [-0.4, -0.2) is 54.6 Å². The average Bonchev–Trinajstić information content (AvgIpc) is 2.38. The highest BCUT2D eigenvalue weighted by Gasteiger charge is 2.14. The van der Waals surface area contributed by atoms with Crippen LogP contribution in [0.2, 0.25) is 0 Å². The molecule has 1 heterocycles. The summed E-state index contributed by atoms with van der Waals surface area (Å²) in [6.07, 6.45) is 1.60. The van der Waals surface area contributed by atoms with Crippen molar-refractivity contribution >= 4 is 17.7 Å². The van der Waals surface area contributed by atoms with Gasteiger partial charge >= 0.3 is 5.97 Å². The van der Waals surface area contributed by atoms with E-state index in [0.29, 0.717) is 12.2 Å². The van der Waals surface area contributed by atoms with Gasteiger partial charge in [0, 0.05) is 26.8 Å². The van der Waals surface area contributed by atoms with Gasteiger partial charge in [-0.05, 0) is 18.6 Å². The van der Waals surface area contributed by atoms with Crippen LogP contribution in [0, 0.1) is 0 Å². The molecule has 0 saturated carbocycles. The standard InChI is InChI=1S/C14H21N3O3/c1-5-6-11-7-10(14(19)20)8-12(15-11)17(4)9-13(18)16(2)3/h7-8H,5-6,9H2,1-4H3,(H,19,20). The van der Waals surface area contributed by atoms with E-state index in [1.165, 1.54) is 11.0 Å². The lowest BCUT2D eigenvalue weighted by molar-refractivity contribution is -0.127. The molecule has 1 aromatic rings. The molecule has 0 aliphatic heterocycles. The molecule has 0 aliphatic rings. The van der Waals surface area contributed by atoms with Gasteiger partial charge in [-0.2, -0.15) is 0 Å². The Kier molecular flexibility index (Phi) is 5.49. The first-order chi connectivity index (χ1) is 9.35. The summed E-state index contributed by atoms with van der Waals surface area (Å²) in [5.74, 6) is -0.547. The van der Waals surface area contributed by atoms with Crippen molar-refractivity contribution < 1.29 is 14.7 Å². The van der Waals surface area contributed by atoms with Crippen molar-refractivity contribution in [1.29, 1.82) is 0 Å². The molecule has 1 rings (SSSR count). The summed E-state index contributed by atoms with van der Waals surface area (Å²) >= 11 is 0. The highest BCUT2D eigenvalue weighted by Crippen LogP contribution is 2.15. The summed E-state index contributed by atoms with van der Waals surface area (Å²) in [4.78, 5) is 30.4. The minimum Gasteiger partial charge on any atom is -0.478 e. The van der Waals surface area contributed by atoms with Gasteiger partial charge in [0.05, 0.1) is 12.1 Å². The summed E-state index contributed by atoms with van der Waals surface area (Å²) in [6, 6.07) is 3.07. The average molecular weight is 279 g/mol. The number of carbonyl (C=O) groups is 2. The molecule has 0 spiro atoms. The molecule has 0 bridgehead atoms. The second-order valence-electron chi connectivity index (χ2n) is 4.90. The third kappa shape index (κ3) is 4.22. The summed E-state index contributed by atoms with van der Waals surface area (Å²) < 4.78 is 0. The SMILES string of the molecule is CCCc1cc(C(=O)O)cc(N(C)CC(=O)N(C)C)n1. The zero-order valence-corrected chi connectivity index (χ0v) is 12.4. The van der Waals surface area contributed by atoms with E-state index < -0.39 is 5.97 Å². The van der Waals surface area contributed by atoms with Crippen LogP contribution in [-0.2, 0) is 11.2 Å². The van der Waals surface area contributed by atoms with Crippen LogP contribution in [0.4, 0.5) is 5.82 Å². The quantitative estimate of drug-likeness (QED) is 0.848. The number of aromatic carboxylic acids is 1.